The summed E-state index contributed by atoms with van der Waals surface area (Å²) in [4.78, 5) is 8.81. The quantitative estimate of drug-likeness (QED) is 0.241. The maximum Gasteiger partial charge on any atom is 0.161 e. The van der Waals surface area contributed by atoms with Gasteiger partial charge in [-0.2, -0.15) is 0 Å². The van der Waals surface area contributed by atoms with E-state index in [1.807, 2.05) is 73.7 Å². The second-order valence-corrected chi connectivity index (χ2v) is 8.93. The molecule has 0 radical (unpaired) electrons. The van der Waals surface area contributed by atoms with Gasteiger partial charge >= 0.3 is 0 Å². The average Bonchev–Trinajstić information content (AvgIpc) is 2.98. The molecule has 3 aromatic carbocycles. The Kier molecular flexibility index (Phi) is 6.34. The van der Waals surface area contributed by atoms with Gasteiger partial charge in [-0.3, -0.25) is 4.98 Å². The third-order valence-corrected chi connectivity index (χ3v) is 6.46. The molecule has 0 unspecified atom stereocenters. The van der Waals surface area contributed by atoms with Crippen LogP contribution in [0.5, 0.6) is 23.0 Å². The molecule has 8 heteroatoms. The predicted molar refractivity (Wildman–Crippen MR) is 152 cm³/mol. The van der Waals surface area contributed by atoms with Crippen molar-refractivity contribution < 1.29 is 14.2 Å². The number of nitrogens with one attached hydrogen (secondary N) is 1. The van der Waals surface area contributed by atoms with E-state index in [4.69, 9.17) is 14.2 Å². The van der Waals surface area contributed by atoms with Crippen LogP contribution in [-0.2, 0) is 0 Å². The van der Waals surface area contributed by atoms with Gasteiger partial charge in [0.2, 0.25) is 0 Å². The molecule has 6 rings (SSSR count). The molecular weight excluding hydrogens is 490 g/mol. The largest absolute Gasteiger partial charge is 0.496 e. The molecule has 0 fully saturated rings. The first-order valence-corrected chi connectivity index (χ1v) is 12.4. The summed E-state index contributed by atoms with van der Waals surface area (Å²) in [5, 5.41) is 14.5. The molecule has 0 amide bonds. The predicted octanol–water partition coefficient (Wildman–Crippen LogP) is 7.10. The standard InChI is InChI=1S/C31H25N5O3/c1-19-8-9-20(16-28(19)38-3)29-24-6-4-5-7-25(24)31(36-35-29)34-21-10-12-22(13-11-21)39-27-14-15-32-26-17-23(37-2)18-33-30(26)27/h4-18H,1-3H3,(H,34,36). The molecular formula is C31H25N5O3. The highest BCUT2D eigenvalue weighted by atomic mass is 16.5. The van der Waals surface area contributed by atoms with Crippen molar-refractivity contribution in [1.29, 1.82) is 0 Å². The number of fused-ring (bicyclic) bond motifs is 2. The van der Waals surface area contributed by atoms with Gasteiger partial charge in [-0.15, -0.1) is 10.2 Å². The van der Waals surface area contributed by atoms with Crippen molar-refractivity contribution >= 4 is 33.3 Å². The summed E-state index contributed by atoms with van der Waals surface area (Å²) >= 11 is 0. The van der Waals surface area contributed by atoms with E-state index in [-0.39, 0.29) is 0 Å². The van der Waals surface area contributed by atoms with E-state index < -0.39 is 0 Å². The van der Waals surface area contributed by atoms with Crippen molar-refractivity contribution in [2.24, 2.45) is 0 Å². The topological polar surface area (TPSA) is 91.3 Å². The minimum absolute atomic E-state index is 0.614. The monoisotopic (exact) mass is 515 g/mol. The van der Waals surface area contributed by atoms with Gasteiger partial charge in [0.15, 0.2) is 11.6 Å². The lowest BCUT2D eigenvalue weighted by molar-refractivity contribution is 0.412. The van der Waals surface area contributed by atoms with Crippen LogP contribution in [0, 0.1) is 6.92 Å². The first-order valence-electron chi connectivity index (χ1n) is 12.4. The van der Waals surface area contributed by atoms with Gasteiger partial charge in [0, 0.05) is 40.4 Å². The Morgan fingerprint density at radius 2 is 1.54 bits per heavy atom. The third-order valence-electron chi connectivity index (χ3n) is 6.46. The Hall–Kier alpha value is -5.24. The Balaban J connectivity index is 1.27. The lowest BCUT2D eigenvalue weighted by Crippen LogP contribution is -1.99. The van der Waals surface area contributed by atoms with Gasteiger partial charge in [0.25, 0.3) is 0 Å². The molecule has 0 spiro atoms. The number of aromatic nitrogens is 4. The zero-order valence-electron chi connectivity index (χ0n) is 21.7. The van der Waals surface area contributed by atoms with Gasteiger partial charge in [0.1, 0.15) is 28.5 Å². The average molecular weight is 516 g/mol. The number of ether oxygens (including phenoxy) is 3. The first-order chi connectivity index (χ1) is 19.1. The second kappa shape index (κ2) is 10.3. The van der Waals surface area contributed by atoms with Crippen molar-refractivity contribution in [2.75, 3.05) is 19.5 Å². The van der Waals surface area contributed by atoms with Gasteiger partial charge in [-0.25, -0.2) is 4.98 Å². The molecule has 8 nitrogen and oxygen atoms in total. The molecule has 0 aliphatic heterocycles. The number of hydrogen-bond acceptors (Lipinski definition) is 8. The van der Waals surface area contributed by atoms with Crippen LogP contribution in [0.1, 0.15) is 5.56 Å². The minimum Gasteiger partial charge on any atom is -0.496 e. The van der Waals surface area contributed by atoms with E-state index in [1.165, 1.54) is 0 Å². The summed E-state index contributed by atoms with van der Waals surface area (Å²) in [6.45, 7) is 2.02. The molecule has 0 saturated heterocycles. The summed E-state index contributed by atoms with van der Waals surface area (Å²) in [6, 6.07) is 25.4. The zero-order chi connectivity index (χ0) is 26.8. The molecule has 1 N–H and O–H groups in total. The smallest absolute Gasteiger partial charge is 0.161 e. The number of aryl methyl sites for hydroxylation is 1. The maximum atomic E-state index is 6.12. The number of rotatable bonds is 7. The minimum atomic E-state index is 0.614. The summed E-state index contributed by atoms with van der Waals surface area (Å²) in [5.74, 6) is 3.41. The number of nitrogens with zero attached hydrogens (tertiary/aromatic N) is 4. The summed E-state index contributed by atoms with van der Waals surface area (Å²) in [6.07, 6.45) is 3.34. The van der Waals surface area contributed by atoms with Crippen molar-refractivity contribution in [1.82, 2.24) is 20.2 Å². The summed E-state index contributed by atoms with van der Waals surface area (Å²) in [7, 11) is 3.27. The SMILES string of the molecule is COc1cnc2c(Oc3ccc(Nc4nnc(-c5ccc(C)c(OC)c5)c5ccccc45)cc3)ccnc2c1. The van der Waals surface area contributed by atoms with E-state index in [2.05, 4.69) is 31.5 Å². The molecule has 39 heavy (non-hydrogen) atoms. The lowest BCUT2D eigenvalue weighted by atomic mass is 10.0. The van der Waals surface area contributed by atoms with E-state index in [1.54, 1.807) is 32.7 Å². The van der Waals surface area contributed by atoms with Crippen LogP contribution in [0.15, 0.2) is 91.3 Å². The fourth-order valence-corrected chi connectivity index (χ4v) is 4.43. The van der Waals surface area contributed by atoms with E-state index >= 15 is 0 Å². The van der Waals surface area contributed by atoms with E-state index in [0.29, 0.717) is 34.1 Å². The zero-order valence-corrected chi connectivity index (χ0v) is 21.7. The number of pyridine rings is 2. The van der Waals surface area contributed by atoms with E-state index in [0.717, 1.165) is 39.0 Å². The highest BCUT2D eigenvalue weighted by Gasteiger charge is 2.13. The highest BCUT2D eigenvalue weighted by Crippen LogP contribution is 2.34. The Labute approximate surface area is 225 Å². The Bertz CT molecular complexity index is 1810. The van der Waals surface area contributed by atoms with Crippen LogP contribution in [0.25, 0.3) is 33.1 Å². The van der Waals surface area contributed by atoms with Crippen LogP contribution >= 0.6 is 0 Å². The van der Waals surface area contributed by atoms with Crippen LogP contribution in [0.3, 0.4) is 0 Å². The van der Waals surface area contributed by atoms with E-state index in [9.17, 15) is 0 Å². The summed E-state index contributed by atoms with van der Waals surface area (Å²) in [5.41, 5.74) is 5.03. The molecule has 0 atom stereocenters. The van der Waals surface area contributed by atoms with Gasteiger partial charge < -0.3 is 19.5 Å². The Morgan fingerprint density at radius 1 is 0.718 bits per heavy atom. The lowest BCUT2D eigenvalue weighted by Gasteiger charge is -2.13. The molecule has 192 valence electrons. The molecule has 6 aromatic rings. The third kappa shape index (κ3) is 4.75. The summed E-state index contributed by atoms with van der Waals surface area (Å²) < 4.78 is 16.9. The van der Waals surface area contributed by atoms with Crippen molar-refractivity contribution in [3.63, 3.8) is 0 Å². The van der Waals surface area contributed by atoms with Crippen LogP contribution in [-0.4, -0.2) is 34.4 Å². The fraction of sp³-hybridized carbons (Fsp3) is 0.0968. The molecule has 0 bridgehead atoms. The first kappa shape index (κ1) is 24.1. The normalized spacial score (nSPS) is 10.9. The van der Waals surface area contributed by atoms with Gasteiger partial charge in [0.05, 0.1) is 25.9 Å². The number of benzene rings is 3. The molecule has 0 saturated carbocycles. The van der Waals surface area contributed by atoms with Crippen LogP contribution in [0.4, 0.5) is 11.5 Å². The Morgan fingerprint density at radius 3 is 2.33 bits per heavy atom. The molecule has 0 aliphatic rings. The van der Waals surface area contributed by atoms with Crippen molar-refractivity contribution in [3.05, 3.63) is 96.8 Å². The highest BCUT2D eigenvalue weighted by molar-refractivity contribution is 6.01. The number of anilines is 2. The van der Waals surface area contributed by atoms with Crippen LogP contribution < -0.4 is 19.5 Å². The maximum absolute atomic E-state index is 6.12. The van der Waals surface area contributed by atoms with Crippen molar-refractivity contribution in [3.8, 4) is 34.3 Å². The molecule has 3 heterocycles. The number of methoxy groups -OCH3 is 2. The molecule has 0 aliphatic carbocycles. The number of hydrogen-bond donors (Lipinski definition) is 1. The van der Waals surface area contributed by atoms with Gasteiger partial charge in [-0.05, 0) is 42.8 Å². The fourth-order valence-electron chi connectivity index (χ4n) is 4.43. The van der Waals surface area contributed by atoms with Gasteiger partial charge in [-0.1, -0.05) is 36.4 Å². The van der Waals surface area contributed by atoms with Crippen LogP contribution in [0.2, 0.25) is 0 Å². The van der Waals surface area contributed by atoms with Crippen molar-refractivity contribution in [2.45, 2.75) is 6.92 Å². The second-order valence-electron chi connectivity index (χ2n) is 8.93. The molecule has 3 aromatic heterocycles.